The lowest BCUT2D eigenvalue weighted by Gasteiger charge is -2.21. The van der Waals surface area contributed by atoms with Crippen LogP contribution in [0.2, 0.25) is 0 Å². The summed E-state index contributed by atoms with van der Waals surface area (Å²) < 4.78 is 0. The van der Waals surface area contributed by atoms with E-state index in [0.29, 0.717) is 0 Å². The Hall–Kier alpha value is -1.80. The van der Waals surface area contributed by atoms with Gasteiger partial charge in [0.2, 0.25) is 0 Å². The van der Waals surface area contributed by atoms with E-state index in [1.54, 1.807) is 0 Å². The van der Waals surface area contributed by atoms with Crippen molar-refractivity contribution >= 4 is 5.69 Å². The molecule has 1 N–H and O–H groups in total. The van der Waals surface area contributed by atoms with Crippen molar-refractivity contribution < 1.29 is 0 Å². The van der Waals surface area contributed by atoms with E-state index in [1.165, 1.54) is 22.4 Å². The third-order valence-corrected chi connectivity index (χ3v) is 3.51. The monoisotopic (exact) mass is 254 g/mol. The molecule has 2 heteroatoms. The Morgan fingerprint density at radius 2 is 1.74 bits per heavy atom. The molecule has 1 unspecified atom stereocenters. The van der Waals surface area contributed by atoms with Gasteiger partial charge in [0.25, 0.3) is 0 Å². The van der Waals surface area contributed by atoms with Gasteiger partial charge in [-0.3, -0.25) is 0 Å². The first kappa shape index (κ1) is 13.6. The summed E-state index contributed by atoms with van der Waals surface area (Å²) in [6.07, 6.45) is 0. The third-order valence-electron chi connectivity index (χ3n) is 3.51. The maximum Gasteiger partial charge on any atom is 0.0577 e. The zero-order valence-corrected chi connectivity index (χ0v) is 12.1. The topological polar surface area (TPSA) is 15.3 Å². The molecule has 0 fully saturated rings. The molecule has 0 aliphatic carbocycles. The van der Waals surface area contributed by atoms with Crippen molar-refractivity contribution in [2.24, 2.45) is 0 Å². The second kappa shape index (κ2) is 5.89. The van der Waals surface area contributed by atoms with Crippen molar-refractivity contribution in [2.45, 2.75) is 13.0 Å². The highest BCUT2D eigenvalue weighted by atomic mass is 15.1. The van der Waals surface area contributed by atoms with Crippen molar-refractivity contribution in [1.29, 1.82) is 0 Å². The zero-order valence-electron chi connectivity index (χ0n) is 12.1. The minimum absolute atomic E-state index is 0.237. The molecule has 0 radical (unpaired) electrons. The van der Waals surface area contributed by atoms with E-state index in [1.807, 2.05) is 7.05 Å². The number of nitrogens with one attached hydrogen (secondary N) is 1. The number of hydrogen-bond donors (Lipinski definition) is 1. The van der Waals surface area contributed by atoms with E-state index in [2.05, 4.69) is 79.8 Å². The van der Waals surface area contributed by atoms with Crippen LogP contribution in [0.5, 0.6) is 0 Å². The SMILES string of the molecule is CNC(c1cccc(N(C)C)c1)c1ccccc1C. The summed E-state index contributed by atoms with van der Waals surface area (Å²) in [5, 5.41) is 3.42. The van der Waals surface area contributed by atoms with Gasteiger partial charge in [-0.1, -0.05) is 36.4 Å². The van der Waals surface area contributed by atoms with E-state index in [9.17, 15) is 0 Å². The standard InChI is InChI=1S/C17H22N2/c1-13-8-5-6-11-16(13)17(18-2)14-9-7-10-15(12-14)19(3)4/h5-12,17-18H,1-4H3. The first-order valence-electron chi connectivity index (χ1n) is 6.63. The summed E-state index contributed by atoms with van der Waals surface area (Å²) in [7, 11) is 6.15. The molecule has 0 saturated carbocycles. The Morgan fingerprint density at radius 1 is 1.00 bits per heavy atom. The van der Waals surface area contributed by atoms with Gasteiger partial charge in [0.1, 0.15) is 0 Å². The second-order valence-corrected chi connectivity index (χ2v) is 5.07. The predicted molar refractivity (Wildman–Crippen MR) is 82.9 cm³/mol. The average Bonchev–Trinajstić information content (AvgIpc) is 2.42. The van der Waals surface area contributed by atoms with Gasteiger partial charge in [0.15, 0.2) is 0 Å². The lowest BCUT2D eigenvalue weighted by molar-refractivity contribution is 0.687. The van der Waals surface area contributed by atoms with Crippen molar-refractivity contribution in [3.8, 4) is 0 Å². The van der Waals surface area contributed by atoms with Crippen LogP contribution in [0, 0.1) is 6.92 Å². The molecule has 100 valence electrons. The molecule has 0 amide bonds. The van der Waals surface area contributed by atoms with E-state index in [4.69, 9.17) is 0 Å². The first-order chi connectivity index (χ1) is 9.13. The summed E-state index contributed by atoms with van der Waals surface area (Å²) >= 11 is 0. The Bertz CT molecular complexity index is 546. The van der Waals surface area contributed by atoms with Crippen LogP contribution < -0.4 is 10.2 Å². The van der Waals surface area contributed by atoms with Crippen LogP contribution in [0.15, 0.2) is 48.5 Å². The molecule has 2 nitrogen and oxygen atoms in total. The third kappa shape index (κ3) is 2.96. The van der Waals surface area contributed by atoms with Gasteiger partial charge in [-0.15, -0.1) is 0 Å². The van der Waals surface area contributed by atoms with Crippen LogP contribution in [0.3, 0.4) is 0 Å². The van der Waals surface area contributed by atoms with Gasteiger partial charge in [0.05, 0.1) is 6.04 Å². The molecule has 0 aliphatic rings. The highest BCUT2D eigenvalue weighted by molar-refractivity contribution is 5.50. The van der Waals surface area contributed by atoms with Crippen molar-refractivity contribution in [3.05, 3.63) is 65.2 Å². The van der Waals surface area contributed by atoms with Gasteiger partial charge in [-0.05, 0) is 42.8 Å². The first-order valence-corrected chi connectivity index (χ1v) is 6.63. The molecule has 0 aliphatic heterocycles. The van der Waals surface area contributed by atoms with Crippen LogP contribution in [0.1, 0.15) is 22.7 Å². The molecule has 0 heterocycles. The largest absolute Gasteiger partial charge is 0.378 e. The molecule has 2 aromatic carbocycles. The Morgan fingerprint density at radius 3 is 2.37 bits per heavy atom. The van der Waals surface area contributed by atoms with E-state index < -0.39 is 0 Å². The fourth-order valence-electron chi connectivity index (χ4n) is 2.39. The lowest BCUT2D eigenvalue weighted by Crippen LogP contribution is -2.19. The van der Waals surface area contributed by atoms with Gasteiger partial charge < -0.3 is 10.2 Å². The number of rotatable bonds is 4. The van der Waals surface area contributed by atoms with Crippen LogP contribution in [-0.4, -0.2) is 21.1 Å². The summed E-state index contributed by atoms with van der Waals surface area (Å²) in [6.45, 7) is 2.16. The summed E-state index contributed by atoms with van der Waals surface area (Å²) in [5.41, 5.74) is 5.17. The fraction of sp³-hybridized carbons (Fsp3) is 0.294. The van der Waals surface area contributed by atoms with Crippen LogP contribution in [0.4, 0.5) is 5.69 Å². The molecule has 2 rings (SSSR count). The Labute approximate surface area is 116 Å². The molecular weight excluding hydrogens is 232 g/mol. The van der Waals surface area contributed by atoms with Crippen LogP contribution in [-0.2, 0) is 0 Å². The normalized spacial score (nSPS) is 12.2. The minimum atomic E-state index is 0.237. The molecular formula is C17H22N2. The summed E-state index contributed by atoms with van der Waals surface area (Å²) in [6, 6.07) is 17.5. The molecule has 2 aromatic rings. The van der Waals surface area contributed by atoms with E-state index in [0.717, 1.165) is 0 Å². The quantitative estimate of drug-likeness (QED) is 0.900. The number of anilines is 1. The predicted octanol–water partition coefficient (Wildman–Crippen LogP) is 3.37. The summed E-state index contributed by atoms with van der Waals surface area (Å²) in [5.74, 6) is 0. The van der Waals surface area contributed by atoms with E-state index >= 15 is 0 Å². The lowest BCUT2D eigenvalue weighted by atomic mass is 9.95. The van der Waals surface area contributed by atoms with Crippen LogP contribution in [0.25, 0.3) is 0 Å². The summed E-state index contributed by atoms with van der Waals surface area (Å²) in [4.78, 5) is 2.13. The maximum atomic E-state index is 3.42. The highest BCUT2D eigenvalue weighted by Gasteiger charge is 2.14. The Balaban J connectivity index is 2.43. The van der Waals surface area contributed by atoms with Crippen molar-refractivity contribution in [1.82, 2.24) is 5.32 Å². The van der Waals surface area contributed by atoms with Crippen molar-refractivity contribution in [3.63, 3.8) is 0 Å². The number of nitrogens with zero attached hydrogens (tertiary/aromatic N) is 1. The molecule has 0 saturated heterocycles. The van der Waals surface area contributed by atoms with Gasteiger partial charge in [-0.25, -0.2) is 0 Å². The van der Waals surface area contributed by atoms with Crippen LogP contribution >= 0.6 is 0 Å². The minimum Gasteiger partial charge on any atom is -0.378 e. The zero-order chi connectivity index (χ0) is 13.8. The average molecular weight is 254 g/mol. The van der Waals surface area contributed by atoms with Crippen molar-refractivity contribution in [2.75, 3.05) is 26.0 Å². The number of benzene rings is 2. The highest BCUT2D eigenvalue weighted by Crippen LogP contribution is 2.26. The second-order valence-electron chi connectivity index (χ2n) is 5.07. The molecule has 0 aromatic heterocycles. The smallest absolute Gasteiger partial charge is 0.0577 e. The maximum absolute atomic E-state index is 3.42. The number of aryl methyl sites for hydroxylation is 1. The molecule has 0 spiro atoms. The van der Waals surface area contributed by atoms with Gasteiger partial charge >= 0.3 is 0 Å². The van der Waals surface area contributed by atoms with E-state index in [-0.39, 0.29) is 6.04 Å². The Kier molecular flexibility index (Phi) is 4.23. The fourth-order valence-corrected chi connectivity index (χ4v) is 2.39. The van der Waals surface area contributed by atoms with Gasteiger partial charge in [-0.2, -0.15) is 0 Å². The number of hydrogen-bond acceptors (Lipinski definition) is 2. The molecule has 0 bridgehead atoms. The molecule has 1 atom stereocenters. The molecule has 19 heavy (non-hydrogen) atoms. The van der Waals surface area contributed by atoms with Gasteiger partial charge in [0, 0.05) is 19.8 Å².